The van der Waals surface area contributed by atoms with Crippen LogP contribution in [0.2, 0.25) is 0 Å². The predicted molar refractivity (Wildman–Crippen MR) is 62.0 cm³/mol. The lowest BCUT2D eigenvalue weighted by molar-refractivity contribution is 0.293. The van der Waals surface area contributed by atoms with Crippen molar-refractivity contribution in [1.29, 1.82) is 0 Å². The van der Waals surface area contributed by atoms with Crippen LogP contribution in [0.1, 0.15) is 26.1 Å². The molecule has 0 spiro atoms. The van der Waals surface area contributed by atoms with E-state index >= 15 is 0 Å². The first-order valence-electron chi connectivity index (χ1n) is 5.46. The molecule has 0 amide bonds. The highest BCUT2D eigenvalue weighted by Crippen LogP contribution is 2.01. The van der Waals surface area contributed by atoms with Gasteiger partial charge < -0.3 is 9.47 Å². The Bertz CT molecular complexity index is 270. The van der Waals surface area contributed by atoms with Gasteiger partial charge in [0.05, 0.1) is 5.88 Å². The third-order valence-corrected chi connectivity index (χ3v) is 2.82. The van der Waals surface area contributed by atoms with Crippen molar-refractivity contribution in [1.82, 2.24) is 19.7 Å². The van der Waals surface area contributed by atoms with E-state index in [4.69, 9.17) is 11.6 Å². The van der Waals surface area contributed by atoms with Gasteiger partial charge in [0, 0.05) is 6.54 Å². The lowest BCUT2D eigenvalue weighted by Crippen LogP contribution is -2.24. The van der Waals surface area contributed by atoms with Gasteiger partial charge in [0.15, 0.2) is 0 Å². The predicted octanol–water partition coefficient (Wildman–Crippen LogP) is 1.75. The average molecular weight is 231 g/mol. The Morgan fingerprint density at radius 3 is 2.73 bits per heavy atom. The number of hydrogen-bond acceptors (Lipinski definition) is 3. The Balaban J connectivity index is 2.31. The minimum atomic E-state index is 0.436. The van der Waals surface area contributed by atoms with E-state index in [-0.39, 0.29) is 0 Å². The van der Waals surface area contributed by atoms with E-state index in [9.17, 15) is 0 Å². The first kappa shape index (κ1) is 12.5. The Morgan fingerprint density at radius 2 is 2.13 bits per heavy atom. The molecule has 5 heteroatoms. The molecule has 0 aliphatic heterocycles. The van der Waals surface area contributed by atoms with Crippen LogP contribution in [0.5, 0.6) is 0 Å². The van der Waals surface area contributed by atoms with Crippen LogP contribution in [0.3, 0.4) is 0 Å². The number of halogens is 1. The fraction of sp³-hybridized carbons (Fsp3) is 0.800. The Kier molecular flexibility index (Phi) is 5.65. The second-order valence-electron chi connectivity index (χ2n) is 3.45. The van der Waals surface area contributed by atoms with Gasteiger partial charge in [-0.3, -0.25) is 0 Å². The standard InChI is InChI=1S/C10H19ClN4/c1-3-14(4-2)6-5-7-15-9-12-13-10(15)8-11/h9H,3-8H2,1-2H3. The minimum absolute atomic E-state index is 0.436. The molecule has 0 aromatic carbocycles. The second-order valence-corrected chi connectivity index (χ2v) is 3.72. The highest BCUT2D eigenvalue weighted by Gasteiger charge is 2.03. The van der Waals surface area contributed by atoms with Crippen molar-refractivity contribution in [2.75, 3.05) is 19.6 Å². The van der Waals surface area contributed by atoms with Crippen LogP contribution in [0, 0.1) is 0 Å². The molecule has 0 aliphatic rings. The third kappa shape index (κ3) is 3.80. The number of aryl methyl sites for hydroxylation is 1. The van der Waals surface area contributed by atoms with Crippen molar-refractivity contribution in [2.45, 2.75) is 32.7 Å². The lowest BCUT2D eigenvalue weighted by atomic mass is 10.3. The summed E-state index contributed by atoms with van der Waals surface area (Å²) in [5.41, 5.74) is 0. The summed E-state index contributed by atoms with van der Waals surface area (Å²) in [6.45, 7) is 8.67. The van der Waals surface area contributed by atoms with Gasteiger partial charge in [0.25, 0.3) is 0 Å². The summed E-state index contributed by atoms with van der Waals surface area (Å²) in [7, 11) is 0. The number of rotatable bonds is 7. The Labute approximate surface area is 96.2 Å². The Morgan fingerprint density at radius 1 is 1.40 bits per heavy atom. The highest BCUT2D eigenvalue weighted by atomic mass is 35.5. The maximum atomic E-state index is 5.74. The molecule has 0 radical (unpaired) electrons. The maximum Gasteiger partial charge on any atom is 0.147 e. The van der Waals surface area contributed by atoms with Crippen molar-refractivity contribution in [3.05, 3.63) is 12.2 Å². The quantitative estimate of drug-likeness (QED) is 0.670. The zero-order valence-corrected chi connectivity index (χ0v) is 10.2. The second kappa shape index (κ2) is 6.80. The van der Waals surface area contributed by atoms with Gasteiger partial charge in [-0.2, -0.15) is 0 Å². The number of alkyl halides is 1. The van der Waals surface area contributed by atoms with Gasteiger partial charge >= 0.3 is 0 Å². The van der Waals surface area contributed by atoms with Crippen LogP contribution in [0.4, 0.5) is 0 Å². The summed E-state index contributed by atoms with van der Waals surface area (Å²) in [5, 5.41) is 7.79. The van der Waals surface area contributed by atoms with E-state index in [1.54, 1.807) is 6.33 Å². The largest absolute Gasteiger partial charge is 0.317 e. The molecule has 0 saturated heterocycles. The number of hydrogen-bond donors (Lipinski definition) is 0. The van der Waals surface area contributed by atoms with E-state index in [0.29, 0.717) is 5.88 Å². The zero-order chi connectivity index (χ0) is 11.1. The molecule has 1 rings (SSSR count). The molecule has 0 N–H and O–H groups in total. The van der Waals surface area contributed by atoms with Crippen LogP contribution in [0.15, 0.2) is 6.33 Å². The fourth-order valence-electron chi connectivity index (χ4n) is 1.57. The Hall–Kier alpha value is -0.610. The first-order chi connectivity index (χ1) is 7.31. The van der Waals surface area contributed by atoms with Crippen LogP contribution < -0.4 is 0 Å². The lowest BCUT2D eigenvalue weighted by Gasteiger charge is -2.17. The van der Waals surface area contributed by atoms with Crippen molar-refractivity contribution in [3.63, 3.8) is 0 Å². The molecule has 4 nitrogen and oxygen atoms in total. The topological polar surface area (TPSA) is 34.0 Å². The van der Waals surface area contributed by atoms with E-state index in [2.05, 4.69) is 28.9 Å². The van der Waals surface area contributed by atoms with Crippen molar-refractivity contribution >= 4 is 11.6 Å². The molecular weight excluding hydrogens is 212 g/mol. The molecule has 1 aromatic heterocycles. The van der Waals surface area contributed by atoms with Gasteiger partial charge in [-0.1, -0.05) is 13.8 Å². The highest BCUT2D eigenvalue weighted by molar-refractivity contribution is 6.16. The van der Waals surface area contributed by atoms with Gasteiger partial charge in [0.2, 0.25) is 0 Å². The summed E-state index contributed by atoms with van der Waals surface area (Å²) >= 11 is 5.74. The van der Waals surface area contributed by atoms with Crippen LogP contribution in [0.25, 0.3) is 0 Å². The van der Waals surface area contributed by atoms with Gasteiger partial charge in [-0.05, 0) is 26.1 Å². The van der Waals surface area contributed by atoms with Gasteiger partial charge in [0.1, 0.15) is 12.2 Å². The third-order valence-electron chi connectivity index (χ3n) is 2.58. The van der Waals surface area contributed by atoms with Crippen LogP contribution >= 0.6 is 11.6 Å². The fourth-order valence-corrected chi connectivity index (χ4v) is 1.78. The van der Waals surface area contributed by atoms with Gasteiger partial charge in [-0.15, -0.1) is 21.8 Å². The summed E-state index contributed by atoms with van der Waals surface area (Å²) in [6, 6.07) is 0. The summed E-state index contributed by atoms with van der Waals surface area (Å²) in [6.07, 6.45) is 2.86. The molecule has 0 fully saturated rings. The molecule has 1 aromatic rings. The van der Waals surface area contributed by atoms with Crippen LogP contribution in [-0.2, 0) is 12.4 Å². The van der Waals surface area contributed by atoms with E-state index in [0.717, 1.165) is 38.4 Å². The van der Waals surface area contributed by atoms with E-state index in [1.807, 2.05) is 4.57 Å². The molecular formula is C10H19ClN4. The first-order valence-corrected chi connectivity index (χ1v) is 6.00. The van der Waals surface area contributed by atoms with E-state index in [1.165, 1.54) is 0 Å². The monoisotopic (exact) mass is 230 g/mol. The summed E-state index contributed by atoms with van der Waals surface area (Å²) < 4.78 is 2.02. The maximum absolute atomic E-state index is 5.74. The molecule has 15 heavy (non-hydrogen) atoms. The van der Waals surface area contributed by atoms with Crippen LogP contribution in [-0.4, -0.2) is 39.3 Å². The summed E-state index contributed by atoms with van der Waals surface area (Å²) in [5.74, 6) is 1.29. The molecule has 0 saturated carbocycles. The molecule has 0 unspecified atom stereocenters. The zero-order valence-electron chi connectivity index (χ0n) is 9.49. The number of nitrogens with zero attached hydrogens (tertiary/aromatic N) is 4. The molecule has 0 bridgehead atoms. The molecule has 1 heterocycles. The average Bonchev–Trinajstić information content (AvgIpc) is 2.72. The molecule has 0 atom stereocenters. The van der Waals surface area contributed by atoms with Crippen molar-refractivity contribution in [3.8, 4) is 0 Å². The minimum Gasteiger partial charge on any atom is -0.317 e. The molecule has 86 valence electrons. The van der Waals surface area contributed by atoms with Gasteiger partial charge in [-0.25, -0.2) is 0 Å². The van der Waals surface area contributed by atoms with Crippen molar-refractivity contribution in [2.24, 2.45) is 0 Å². The SMILES string of the molecule is CCN(CC)CCCn1cnnc1CCl. The normalized spacial score (nSPS) is 11.2. The smallest absolute Gasteiger partial charge is 0.147 e. The number of aromatic nitrogens is 3. The summed E-state index contributed by atoms with van der Waals surface area (Å²) in [4.78, 5) is 2.41. The molecule has 0 aliphatic carbocycles. The van der Waals surface area contributed by atoms with Crippen molar-refractivity contribution < 1.29 is 0 Å². The van der Waals surface area contributed by atoms with E-state index < -0.39 is 0 Å².